The molecule has 2 aromatic carbocycles. The van der Waals surface area contributed by atoms with Gasteiger partial charge in [-0.1, -0.05) is 77.1 Å². The van der Waals surface area contributed by atoms with Gasteiger partial charge in [0, 0.05) is 44.0 Å². The molecule has 0 fully saturated rings. The van der Waals surface area contributed by atoms with Crippen LogP contribution in [0.25, 0.3) is 0 Å². The van der Waals surface area contributed by atoms with E-state index < -0.39 is 27.3 Å². The number of benzene rings is 2. The number of ketones is 1. The molecule has 0 saturated carbocycles. The van der Waals surface area contributed by atoms with Crippen molar-refractivity contribution in [1.82, 2.24) is 0 Å². The van der Waals surface area contributed by atoms with Crippen LogP contribution in [-0.2, 0) is 21.1 Å². The van der Waals surface area contributed by atoms with Crippen molar-refractivity contribution in [2.75, 3.05) is 24.7 Å². The summed E-state index contributed by atoms with van der Waals surface area (Å²) < 4.78 is 28.0. The highest BCUT2D eigenvalue weighted by molar-refractivity contribution is 7.91. The number of carbonyl (C=O) groups excluding carboxylic acids is 1. The largest absolute Gasteiger partial charge is 0.392 e. The van der Waals surface area contributed by atoms with E-state index >= 15 is 0 Å². The predicted molar refractivity (Wildman–Crippen MR) is 157 cm³/mol. The standard InChI is InChI=1S/C32H47NO4S/c1-6-9-15-27(34)21-24-13-12-14-25(20-24)30-28-22-26(33(4)5)16-17-29(28)38(36,37)23-32(31(30)35,18-10-7-2)19-11-8-3/h12-14,16-17,20,22,30-31,35H,6-11,15,18-19,21,23H2,1-5H3/t30-,31-/m1/s1. The summed E-state index contributed by atoms with van der Waals surface area (Å²) in [5.74, 6) is -0.327. The first-order chi connectivity index (χ1) is 18.1. The molecule has 1 heterocycles. The zero-order valence-electron chi connectivity index (χ0n) is 24.0. The molecule has 0 radical (unpaired) electrons. The van der Waals surface area contributed by atoms with Crippen LogP contribution in [0, 0.1) is 5.41 Å². The molecule has 0 saturated heterocycles. The summed E-state index contributed by atoms with van der Waals surface area (Å²) in [6, 6.07) is 13.4. The highest BCUT2D eigenvalue weighted by Crippen LogP contribution is 2.50. The molecule has 1 aliphatic rings. The number of hydrogen-bond acceptors (Lipinski definition) is 5. The third kappa shape index (κ3) is 6.87. The molecule has 6 heteroatoms. The van der Waals surface area contributed by atoms with Crippen LogP contribution < -0.4 is 4.90 Å². The van der Waals surface area contributed by atoms with Gasteiger partial charge < -0.3 is 10.0 Å². The van der Waals surface area contributed by atoms with Gasteiger partial charge in [0.15, 0.2) is 9.84 Å². The number of fused-ring (bicyclic) bond motifs is 1. The molecule has 1 aliphatic heterocycles. The van der Waals surface area contributed by atoms with Crippen LogP contribution in [0.4, 0.5) is 5.69 Å². The van der Waals surface area contributed by atoms with Crippen molar-refractivity contribution in [2.24, 2.45) is 5.41 Å². The van der Waals surface area contributed by atoms with Crippen LogP contribution in [0.15, 0.2) is 47.4 Å². The lowest BCUT2D eigenvalue weighted by Crippen LogP contribution is -2.43. The number of carbonyl (C=O) groups is 1. The Morgan fingerprint density at radius 2 is 1.63 bits per heavy atom. The Kier molecular flexibility index (Phi) is 10.6. The molecule has 0 aromatic heterocycles. The molecule has 38 heavy (non-hydrogen) atoms. The maximum absolute atomic E-state index is 14.0. The molecule has 0 spiro atoms. The van der Waals surface area contributed by atoms with Gasteiger partial charge in [-0.15, -0.1) is 0 Å². The number of unbranched alkanes of at least 4 members (excludes halogenated alkanes) is 3. The van der Waals surface area contributed by atoms with E-state index in [1.807, 2.05) is 55.4 Å². The molecular weight excluding hydrogens is 494 g/mol. The van der Waals surface area contributed by atoms with E-state index in [1.54, 1.807) is 6.07 Å². The van der Waals surface area contributed by atoms with E-state index in [0.29, 0.717) is 36.1 Å². The monoisotopic (exact) mass is 541 g/mol. The van der Waals surface area contributed by atoms with Crippen molar-refractivity contribution >= 4 is 21.3 Å². The van der Waals surface area contributed by atoms with Crippen LogP contribution in [0.2, 0.25) is 0 Å². The first-order valence-electron chi connectivity index (χ1n) is 14.4. The third-order valence-corrected chi connectivity index (χ3v) is 10.2. The highest BCUT2D eigenvalue weighted by atomic mass is 32.2. The number of aliphatic hydroxyl groups excluding tert-OH is 1. The molecular formula is C32H47NO4S. The molecule has 2 atom stereocenters. The van der Waals surface area contributed by atoms with Gasteiger partial charge in [-0.2, -0.15) is 0 Å². The molecule has 0 aliphatic carbocycles. The summed E-state index contributed by atoms with van der Waals surface area (Å²) >= 11 is 0. The number of nitrogens with zero attached hydrogens (tertiary/aromatic N) is 1. The van der Waals surface area contributed by atoms with Gasteiger partial charge in [0.2, 0.25) is 0 Å². The first kappa shape index (κ1) is 30.4. The Bertz CT molecular complexity index is 1180. The first-order valence-corrected chi connectivity index (χ1v) is 16.1. The van der Waals surface area contributed by atoms with Crippen LogP contribution in [0.3, 0.4) is 0 Å². The summed E-state index contributed by atoms with van der Waals surface area (Å²) in [4.78, 5) is 14.9. The number of anilines is 1. The fourth-order valence-electron chi connectivity index (χ4n) is 5.98. The van der Waals surface area contributed by atoms with Crippen molar-refractivity contribution < 1.29 is 18.3 Å². The van der Waals surface area contributed by atoms with E-state index in [9.17, 15) is 18.3 Å². The second-order valence-corrected chi connectivity index (χ2v) is 13.4. The molecule has 210 valence electrons. The lowest BCUT2D eigenvalue weighted by Gasteiger charge is -2.40. The summed E-state index contributed by atoms with van der Waals surface area (Å²) in [7, 11) is 0.241. The fourth-order valence-corrected chi connectivity index (χ4v) is 8.17. The van der Waals surface area contributed by atoms with Crippen molar-refractivity contribution in [3.05, 3.63) is 59.2 Å². The summed E-state index contributed by atoms with van der Waals surface area (Å²) in [5, 5.41) is 12.3. The average molecular weight is 542 g/mol. The SMILES string of the molecule is CCCCC(=O)Cc1cccc([C@@H]2c3cc(N(C)C)ccc3S(=O)(=O)CC(CCCC)(CCCC)[C@@H]2O)c1. The lowest BCUT2D eigenvalue weighted by molar-refractivity contribution is -0.118. The summed E-state index contributed by atoms with van der Waals surface area (Å²) in [6.07, 6.45) is 6.90. The quantitative estimate of drug-likeness (QED) is 0.305. The number of Topliss-reactive ketones (excluding diaryl/α,β-unsaturated/α-hetero) is 1. The molecule has 5 nitrogen and oxygen atoms in total. The van der Waals surface area contributed by atoms with Gasteiger partial charge >= 0.3 is 0 Å². The lowest BCUT2D eigenvalue weighted by atomic mass is 9.68. The van der Waals surface area contributed by atoms with Crippen molar-refractivity contribution in [2.45, 2.75) is 102 Å². The Morgan fingerprint density at radius 3 is 2.24 bits per heavy atom. The molecule has 0 unspecified atom stereocenters. The zero-order valence-corrected chi connectivity index (χ0v) is 24.8. The van der Waals surface area contributed by atoms with Gasteiger partial charge in [0.05, 0.1) is 16.8 Å². The van der Waals surface area contributed by atoms with Crippen LogP contribution in [0.1, 0.15) is 101 Å². The van der Waals surface area contributed by atoms with E-state index in [-0.39, 0.29) is 11.5 Å². The second kappa shape index (κ2) is 13.3. The van der Waals surface area contributed by atoms with E-state index in [0.717, 1.165) is 55.3 Å². The fraction of sp³-hybridized carbons (Fsp3) is 0.594. The van der Waals surface area contributed by atoms with Gasteiger partial charge in [0.1, 0.15) is 5.78 Å². The number of aliphatic hydroxyl groups is 1. The smallest absolute Gasteiger partial charge is 0.179 e. The molecule has 1 N–H and O–H groups in total. The third-order valence-electron chi connectivity index (χ3n) is 8.18. The van der Waals surface area contributed by atoms with E-state index in [2.05, 4.69) is 20.8 Å². The Hall–Kier alpha value is -2.18. The Balaban J connectivity index is 2.22. The van der Waals surface area contributed by atoms with Crippen molar-refractivity contribution in [1.29, 1.82) is 0 Å². The minimum Gasteiger partial charge on any atom is -0.392 e. The molecule has 0 bridgehead atoms. The van der Waals surface area contributed by atoms with Gasteiger partial charge in [-0.3, -0.25) is 4.79 Å². The minimum atomic E-state index is -3.64. The molecule has 3 rings (SSSR count). The predicted octanol–water partition coefficient (Wildman–Crippen LogP) is 6.70. The highest BCUT2D eigenvalue weighted by Gasteiger charge is 2.49. The van der Waals surface area contributed by atoms with Crippen molar-refractivity contribution in [3.8, 4) is 0 Å². The van der Waals surface area contributed by atoms with E-state index in [1.165, 1.54) is 0 Å². The number of sulfone groups is 1. The second-order valence-electron chi connectivity index (χ2n) is 11.4. The maximum atomic E-state index is 14.0. The number of rotatable bonds is 13. The molecule has 0 amide bonds. The topological polar surface area (TPSA) is 74.7 Å². The Labute approximate surface area is 230 Å². The van der Waals surface area contributed by atoms with Gasteiger partial charge in [0.25, 0.3) is 0 Å². The normalized spacial score (nSPS) is 19.9. The van der Waals surface area contributed by atoms with Crippen molar-refractivity contribution in [3.63, 3.8) is 0 Å². The van der Waals surface area contributed by atoms with Crippen LogP contribution in [0.5, 0.6) is 0 Å². The van der Waals surface area contributed by atoms with Gasteiger partial charge in [-0.25, -0.2) is 8.42 Å². The van der Waals surface area contributed by atoms with Gasteiger partial charge in [-0.05, 0) is 54.2 Å². The van der Waals surface area contributed by atoms with E-state index in [4.69, 9.17) is 0 Å². The summed E-state index contributed by atoms with van der Waals surface area (Å²) in [5.41, 5.74) is 2.62. The number of hydrogen-bond donors (Lipinski definition) is 1. The zero-order chi connectivity index (χ0) is 27.9. The average Bonchev–Trinajstić information content (AvgIpc) is 2.95. The Morgan fingerprint density at radius 1 is 0.974 bits per heavy atom. The summed E-state index contributed by atoms with van der Waals surface area (Å²) in [6.45, 7) is 6.30. The maximum Gasteiger partial charge on any atom is 0.179 e. The van der Waals surface area contributed by atoms with Crippen LogP contribution in [-0.4, -0.2) is 45.3 Å². The van der Waals surface area contributed by atoms with Crippen LogP contribution >= 0.6 is 0 Å². The minimum absolute atomic E-state index is 0.0405. The molecule has 2 aromatic rings.